The van der Waals surface area contributed by atoms with Gasteiger partial charge in [0.05, 0.1) is 0 Å². The van der Waals surface area contributed by atoms with E-state index >= 15 is 0 Å². The number of nitrogens with two attached hydrogens (primary N) is 1. The summed E-state index contributed by atoms with van der Waals surface area (Å²) in [5, 5.41) is 0. The molecule has 0 saturated carbocycles. The highest BCUT2D eigenvalue weighted by Crippen LogP contribution is 2.26. The quantitative estimate of drug-likeness (QED) is 0.867. The molecule has 2 N–H and O–H groups in total. The molecule has 0 aromatic heterocycles. The standard InChI is InChI=1S/C16H22FN3S/c1-11-8-19-6-2-3-14(19)10-20(11)9-12-7-13(17)4-5-15(12)16(18)21/h4-5,7,11,14H,2-3,6,8-10H2,1H3,(H2,18,21). The van der Waals surface area contributed by atoms with Crippen LogP contribution >= 0.6 is 12.2 Å². The van der Waals surface area contributed by atoms with Crippen LogP contribution in [0, 0.1) is 5.82 Å². The molecule has 21 heavy (non-hydrogen) atoms. The van der Waals surface area contributed by atoms with Crippen molar-refractivity contribution < 1.29 is 4.39 Å². The van der Waals surface area contributed by atoms with Crippen molar-refractivity contribution in [3.8, 4) is 0 Å². The Kier molecular flexibility index (Phi) is 4.24. The first-order valence-electron chi connectivity index (χ1n) is 7.61. The average molecular weight is 307 g/mol. The molecular formula is C16H22FN3S. The van der Waals surface area contributed by atoms with Gasteiger partial charge < -0.3 is 5.73 Å². The Hall–Kier alpha value is -1.04. The molecule has 2 aliphatic heterocycles. The van der Waals surface area contributed by atoms with E-state index in [1.165, 1.54) is 25.5 Å². The van der Waals surface area contributed by atoms with Crippen LogP contribution in [0.4, 0.5) is 4.39 Å². The lowest BCUT2D eigenvalue weighted by atomic mass is 10.0. The molecular weight excluding hydrogens is 285 g/mol. The molecule has 3 rings (SSSR count). The Labute approximate surface area is 130 Å². The lowest BCUT2D eigenvalue weighted by molar-refractivity contribution is 0.0539. The van der Waals surface area contributed by atoms with E-state index in [1.807, 2.05) is 0 Å². The van der Waals surface area contributed by atoms with E-state index < -0.39 is 0 Å². The second-order valence-corrected chi connectivity index (χ2v) is 6.67. The summed E-state index contributed by atoms with van der Waals surface area (Å²) in [7, 11) is 0. The molecule has 2 saturated heterocycles. The zero-order valence-electron chi connectivity index (χ0n) is 12.4. The minimum Gasteiger partial charge on any atom is -0.389 e. The number of thiocarbonyl (C=S) groups is 1. The molecule has 0 amide bonds. The molecule has 2 heterocycles. The number of halogens is 1. The van der Waals surface area contributed by atoms with Crippen molar-refractivity contribution in [1.29, 1.82) is 0 Å². The first kappa shape index (κ1) is 14.9. The third kappa shape index (κ3) is 3.10. The van der Waals surface area contributed by atoms with Gasteiger partial charge in [-0.05, 0) is 50.1 Å². The average Bonchev–Trinajstić information content (AvgIpc) is 2.86. The maximum Gasteiger partial charge on any atom is 0.123 e. The van der Waals surface area contributed by atoms with Crippen LogP contribution in [0.5, 0.6) is 0 Å². The van der Waals surface area contributed by atoms with Gasteiger partial charge in [-0.25, -0.2) is 4.39 Å². The Balaban J connectivity index is 1.79. The summed E-state index contributed by atoms with van der Waals surface area (Å²) in [5.41, 5.74) is 7.47. The van der Waals surface area contributed by atoms with Crippen LogP contribution in [-0.4, -0.2) is 46.5 Å². The number of nitrogens with zero attached hydrogens (tertiary/aromatic N) is 2. The molecule has 0 spiro atoms. The monoisotopic (exact) mass is 307 g/mol. The van der Waals surface area contributed by atoms with Crippen molar-refractivity contribution >= 4 is 17.2 Å². The number of fused-ring (bicyclic) bond motifs is 1. The third-order valence-corrected chi connectivity index (χ3v) is 4.99. The molecule has 1 aromatic carbocycles. The lowest BCUT2D eigenvalue weighted by Gasteiger charge is -2.42. The summed E-state index contributed by atoms with van der Waals surface area (Å²) in [6, 6.07) is 5.83. The normalized spacial score (nSPS) is 26.8. The minimum absolute atomic E-state index is 0.225. The molecule has 114 valence electrons. The van der Waals surface area contributed by atoms with Gasteiger partial charge in [-0.1, -0.05) is 12.2 Å². The van der Waals surface area contributed by atoms with E-state index in [4.69, 9.17) is 18.0 Å². The largest absolute Gasteiger partial charge is 0.389 e. The minimum atomic E-state index is -0.225. The summed E-state index contributed by atoms with van der Waals surface area (Å²) >= 11 is 5.09. The fourth-order valence-corrected chi connectivity index (χ4v) is 3.82. The molecule has 0 aliphatic carbocycles. The van der Waals surface area contributed by atoms with Gasteiger partial charge in [0.2, 0.25) is 0 Å². The predicted octanol–water partition coefficient (Wildman–Crippen LogP) is 2.13. The van der Waals surface area contributed by atoms with E-state index in [-0.39, 0.29) is 5.82 Å². The lowest BCUT2D eigenvalue weighted by Crippen LogP contribution is -2.54. The molecule has 2 unspecified atom stereocenters. The van der Waals surface area contributed by atoms with Crippen LogP contribution in [0.15, 0.2) is 18.2 Å². The summed E-state index contributed by atoms with van der Waals surface area (Å²) in [6.45, 7) is 6.34. The molecule has 2 fully saturated rings. The van der Waals surface area contributed by atoms with Crippen LogP contribution in [0.3, 0.4) is 0 Å². The van der Waals surface area contributed by atoms with Crippen LogP contribution < -0.4 is 5.73 Å². The van der Waals surface area contributed by atoms with Gasteiger partial charge in [-0.3, -0.25) is 9.80 Å². The summed E-state index contributed by atoms with van der Waals surface area (Å²) in [5.74, 6) is -0.225. The topological polar surface area (TPSA) is 32.5 Å². The summed E-state index contributed by atoms with van der Waals surface area (Å²) in [6.07, 6.45) is 2.57. The number of hydrogen-bond donors (Lipinski definition) is 1. The van der Waals surface area contributed by atoms with E-state index in [2.05, 4.69) is 16.7 Å². The maximum atomic E-state index is 13.6. The highest BCUT2D eigenvalue weighted by atomic mass is 32.1. The predicted molar refractivity (Wildman–Crippen MR) is 86.8 cm³/mol. The highest BCUT2D eigenvalue weighted by Gasteiger charge is 2.34. The number of hydrogen-bond acceptors (Lipinski definition) is 3. The third-order valence-electron chi connectivity index (χ3n) is 4.77. The van der Waals surface area contributed by atoms with Gasteiger partial charge in [-0.15, -0.1) is 0 Å². The SMILES string of the molecule is CC1CN2CCCC2CN1Cc1cc(F)ccc1C(N)=S. The van der Waals surface area contributed by atoms with Crippen molar-refractivity contribution in [3.63, 3.8) is 0 Å². The second-order valence-electron chi connectivity index (χ2n) is 6.24. The maximum absolute atomic E-state index is 13.6. The number of rotatable bonds is 3. The van der Waals surface area contributed by atoms with Crippen LogP contribution in [0.25, 0.3) is 0 Å². The molecule has 5 heteroatoms. The van der Waals surface area contributed by atoms with E-state index in [0.29, 0.717) is 17.1 Å². The Morgan fingerprint density at radius 2 is 2.24 bits per heavy atom. The Morgan fingerprint density at radius 1 is 1.43 bits per heavy atom. The van der Waals surface area contributed by atoms with Gasteiger partial charge in [-0.2, -0.15) is 0 Å². The molecule has 2 atom stereocenters. The van der Waals surface area contributed by atoms with E-state index in [1.54, 1.807) is 12.1 Å². The first-order chi connectivity index (χ1) is 10.0. The molecule has 0 radical (unpaired) electrons. The van der Waals surface area contributed by atoms with Crippen molar-refractivity contribution in [2.75, 3.05) is 19.6 Å². The van der Waals surface area contributed by atoms with Crippen LogP contribution in [0.2, 0.25) is 0 Å². The molecule has 3 nitrogen and oxygen atoms in total. The Morgan fingerprint density at radius 3 is 3.00 bits per heavy atom. The Bertz CT molecular complexity index is 548. The summed E-state index contributed by atoms with van der Waals surface area (Å²) < 4.78 is 13.6. The van der Waals surface area contributed by atoms with E-state index in [0.717, 1.165) is 30.8 Å². The van der Waals surface area contributed by atoms with Crippen molar-refractivity contribution in [2.24, 2.45) is 5.73 Å². The molecule has 2 aliphatic rings. The van der Waals surface area contributed by atoms with Crippen LogP contribution in [0.1, 0.15) is 30.9 Å². The van der Waals surface area contributed by atoms with Gasteiger partial charge in [0.1, 0.15) is 10.8 Å². The fourth-order valence-electron chi connectivity index (χ4n) is 3.62. The first-order valence-corrected chi connectivity index (χ1v) is 8.02. The van der Waals surface area contributed by atoms with Gasteiger partial charge >= 0.3 is 0 Å². The smallest absolute Gasteiger partial charge is 0.123 e. The van der Waals surface area contributed by atoms with Crippen LogP contribution in [-0.2, 0) is 6.54 Å². The van der Waals surface area contributed by atoms with Gasteiger partial charge in [0, 0.05) is 37.3 Å². The zero-order valence-corrected chi connectivity index (χ0v) is 13.2. The highest BCUT2D eigenvalue weighted by molar-refractivity contribution is 7.80. The molecule has 1 aromatic rings. The van der Waals surface area contributed by atoms with Crippen molar-refractivity contribution in [2.45, 2.75) is 38.4 Å². The van der Waals surface area contributed by atoms with Gasteiger partial charge in [0.25, 0.3) is 0 Å². The van der Waals surface area contributed by atoms with E-state index in [9.17, 15) is 4.39 Å². The van der Waals surface area contributed by atoms with Crippen molar-refractivity contribution in [3.05, 3.63) is 35.1 Å². The summed E-state index contributed by atoms with van der Waals surface area (Å²) in [4.78, 5) is 5.36. The molecule has 0 bridgehead atoms. The fraction of sp³-hybridized carbons (Fsp3) is 0.562. The van der Waals surface area contributed by atoms with Gasteiger partial charge in [0.15, 0.2) is 0 Å². The number of piperazine rings is 1. The second kappa shape index (κ2) is 5.99. The number of benzene rings is 1. The van der Waals surface area contributed by atoms with Crippen molar-refractivity contribution in [1.82, 2.24) is 9.80 Å². The zero-order chi connectivity index (χ0) is 15.0.